The van der Waals surface area contributed by atoms with E-state index in [0.717, 1.165) is 16.8 Å². The van der Waals surface area contributed by atoms with E-state index in [1.807, 2.05) is 19.2 Å². The van der Waals surface area contributed by atoms with Crippen molar-refractivity contribution >= 4 is 28.1 Å². The molecule has 0 saturated heterocycles. The van der Waals surface area contributed by atoms with Crippen LogP contribution in [-0.4, -0.2) is 31.2 Å². The molecule has 0 amide bonds. The van der Waals surface area contributed by atoms with Crippen LogP contribution in [0.5, 0.6) is 11.5 Å². The minimum atomic E-state index is -0.0297. The lowest BCUT2D eigenvalue weighted by Crippen LogP contribution is -2.09. The zero-order chi connectivity index (χ0) is 23.4. The lowest BCUT2D eigenvalue weighted by Gasteiger charge is -2.16. The van der Waals surface area contributed by atoms with Crippen molar-refractivity contribution in [3.8, 4) is 28.7 Å². The minimum Gasteiger partial charge on any atom is -0.493 e. The van der Waals surface area contributed by atoms with E-state index in [-0.39, 0.29) is 11.9 Å². The van der Waals surface area contributed by atoms with Crippen molar-refractivity contribution in [2.24, 2.45) is 0 Å². The molecule has 0 radical (unpaired) electrons. The third-order valence-electron chi connectivity index (χ3n) is 5.40. The number of methoxy groups -OCH3 is 2. The maximum Gasteiger partial charge on any atom is 0.234 e. The van der Waals surface area contributed by atoms with Gasteiger partial charge in [0.25, 0.3) is 0 Å². The molecule has 7 nitrogen and oxygen atoms in total. The lowest BCUT2D eigenvalue weighted by atomic mass is 10.0. The highest BCUT2D eigenvalue weighted by atomic mass is 32.1. The number of hydrogen-bond acceptors (Lipinski definition) is 8. The summed E-state index contributed by atoms with van der Waals surface area (Å²) in [5, 5.41) is 19.1. The average Bonchev–Trinajstić information content (AvgIpc) is 3.34. The van der Waals surface area contributed by atoms with Gasteiger partial charge >= 0.3 is 0 Å². The van der Waals surface area contributed by atoms with Gasteiger partial charge in [-0.3, -0.25) is 0 Å². The Hall–Kier alpha value is -3.67. The highest BCUT2D eigenvalue weighted by Crippen LogP contribution is 2.36. The zero-order valence-electron chi connectivity index (χ0n) is 19.0. The first-order chi connectivity index (χ1) is 16.1. The summed E-state index contributed by atoms with van der Waals surface area (Å²) >= 11 is 1.69. The standard InChI is InChI=1S/C25H25N5O2S/c1-15(23-9-17(14-33-23)18-8-6-5-7-16(18)13-27-2)28-25-19-10-21(31-3)22(32-4)11-20(19)29-24(12-26)30-25/h5-11,14-15,27H,13H2,1-4H3,(H,28,29,30)/t15-/m1/s1. The summed E-state index contributed by atoms with van der Waals surface area (Å²) in [5.74, 6) is 1.80. The van der Waals surface area contributed by atoms with Gasteiger partial charge in [-0.25, -0.2) is 9.97 Å². The van der Waals surface area contributed by atoms with E-state index >= 15 is 0 Å². The van der Waals surface area contributed by atoms with Crippen molar-refractivity contribution in [1.29, 1.82) is 5.26 Å². The molecule has 2 aromatic carbocycles. The fraction of sp³-hybridized carbons (Fsp3) is 0.240. The Morgan fingerprint density at radius 1 is 1.09 bits per heavy atom. The average molecular weight is 460 g/mol. The lowest BCUT2D eigenvalue weighted by molar-refractivity contribution is 0.356. The van der Waals surface area contributed by atoms with E-state index in [9.17, 15) is 5.26 Å². The van der Waals surface area contributed by atoms with Crippen molar-refractivity contribution in [1.82, 2.24) is 15.3 Å². The molecule has 2 N–H and O–H groups in total. The summed E-state index contributed by atoms with van der Waals surface area (Å²) in [6.07, 6.45) is 0. The van der Waals surface area contributed by atoms with Crippen molar-refractivity contribution in [3.05, 3.63) is 64.1 Å². The number of nitrogens with one attached hydrogen (secondary N) is 2. The molecule has 33 heavy (non-hydrogen) atoms. The van der Waals surface area contributed by atoms with Gasteiger partial charge in [0, 0.05) is 22.9 Å². The molecule has 168 valence electrons. The molecule has 0 aliphatic carbocycles. The molecule has 0 aliphatic rings. The molecule has 0 unspecified atom stereocenters. The Bertz CT molecular complexity index is 1330. The zero-order valence-corrected chi connectivity index (χ0v) is 19.8. The summed E-state index contributed by atoms with van der Waals surface area (Å²) in [4.78, 5) is 9.94. The van der Waals surface area contributed by atoms with Crippen LogP contribution in [0.1, 0.15) is 29.2 Å². The minimum absolute atomic E-state index is 0.0297. The Kier molecular flexibility index (Phi) is 6.73. The quantitative estimate of drug-likeness (QED) is 0.377. The van der Waals surface area contributed by atoms with Crippen molar-refractivity contribution in [2.45, 2.75) is 19.5 Å². The van der Waals surface area contributed by atoms with E-state index in [1.54, 1.807) is 31.6 Å². The Balaban J connectivity index is 1.69. The predicted octanol–water partition coefficient (Wildman–Crippen LogP) is 5.14. The Morgan fingerprint density at radius 2 is 1.85 bits per heavy atom. The van der Waals surface area contributed by atoms with E-state index in [1.165, 1.54) is 16.7 Å². The highest BCUT2D eigenvalue weighted by Gasteiger charge is 2.17. The molecule has 0 aliphatic heterocycles. The normalized spacial score (nSPS) is 11.7. The van der Waals surface area contributed by atoms with Crippen LogP contribution >= 0.6 is 11.3 Å². The third kappa shape index (κ3) is 4.60. The van der Waals surface area contributed by atoms with Crippen LogP contribution in [0.2, 0.25) is 0 Å². The van der Waals surface area contributed by atoms with Gasteiger partial charge in [0.1, 0.15) is 11.9 Å². The molecule has 1 atom stereocenters. The molecule has 0 spiro atoms. The molecule has 0 fully saturated rings. The molecular formula is C25H25N5O2S. The summed E-state index contributed by atoms with van der Waals surface area (Å²) in [6, 6.07) is 16.2. The number of anilines is 1. The molecule has 0 bridgehead atoms. The summed E-state index contributed by atoms with van der Waals surface area (Å²) in [6.45, 7) is 2.89. The smallest absolute Gasteiger partial charge is 0.234 e. The molecule has 8 heteroatoms. The Morgan fingerprint density at radius 3 is 2.58 bits per heavy atom. The Labute approximate surface area is 197 Å². The highest BCUT2D eigenvalue weighted by molar-refractivity contribution is 7.10. The van der Waals surface area contributed by atoms with E-state index in [4.69, 9.17) is 9.47 Å². The largest absolute Gasteiger partial charge is 0.493 e. The molecule has 2 aromatic heterocycles. The van der Waals surface area contributed by atoms with Gasteiger partial charge in [-0.15, -0.1) is 11.3 Å². The van der Waals surface area contributed by atoms with Gasteiger partial charge < -0.3 is 20.1 Å². The van der Waals surface area contributed by atoms with Crippen LogP contribution in [-0.2, 0) is 6.54 Å². The molecule has 0 saturated carbocycles. The van der Waals surface area contributed by atoms with Crippen LogP contribution in [0.25, 0.3) is 22.0 Å². The topological polar surface area (TPSA) is 92.1 Å². The summed E-state index contributed by atoms with van der Waals surface area (Å²) < 4.78 is 10.8. The van der Waals surface area contributed by atoms with Crippen LogP contribution in [0, 0.1) is 11.3 Å². The fourth-order valence-electron chi connectivity index (χ4n) is 3.76. The first kappa shape index (κ1) is 22.5. The number of nitriles is 1. The van der Waals surface area contributed by atoms with Gasteiger partial charge in [0.15, 0.2) is 11.5 Å². The number of ether oxygens (including phenoxy) is 2. The second kappa shape index (κ2) is 9.86. The number of hydrogen-bond donors (Lipinski definition) is 2. The molecule has 4 rings (SSSR count). The summed E-state index contributed by atoms with van der Waals surface area (Å²) in [7, 11) is 5.11. The van der Waals surface area contributed by atoms with Crippen LogP contribution in [0.4, 0.5) is 5.82 Å². The first-order valence-corrected chi connectivity index (χ1v) is 11.4. The second-order valence-electron chi connectivity index (χ2n) is 7.52. The SMILES string of the molecule is CNCc1ccccc1-c1csc([C@@H](C)Nc2nc(C#N)nc3cc(OC)c(OC)cc23)c1. The number of aromatic nitrogens is 2. The monoisotopic (exact) mass is 459 g/mol. The van der Waals surface area contributed by atoms with Crippen molar-refractivity contribution in [3.63, 3.8) is 0 Å². The predicted molar refractivity (Wildman–Crippen MR) is 132 cm³/mol. The first-order valence-electron chi connectivity index (χ1n) is 10.5. The number of thiophene rings is 1. The van der Waals surface area contributed by atoms with Gasteiger partial charge in [0.05, 0.1) is 25.8 Å². The number of rotatable bonds is 8. The van der Waals surface area contributed by atoms with E-state index in [2.05, 4.69) is 63.2 Å². The van der Waals surface area contributed by atoms with Gasteiger partial charge in [0.2, 0.25) is 5.82 Å². The van der Waals surface area contributed by atoms with Crippen molar-refractivity contribution in [2.75, 3.05) is 26.6 Å². The number of nitrogens with zero attached hydrogens (tertiary/aromatic N) is 3. The van der Waals surface area contributed by atoms with Gasteiger partial charge in [-0.1, -0.05) is 24.3 Å². The van der Waals surface area contributed by atoms with Gasteiger partial charge in [-0.05, 0) is 48.2 Å². The van der Waals surface area contributed by atoms with Gasteiger partial charge in [-0.2, -0.15) is 5.26 Å². The fourth-order valence-corrected chi connectivity index (χ4v) is 4.68. The third-order valence-corrected chi connectivity index (χ3v) is 6.51. The van der Waals surface area contributed by atoms with E-state index in [0.29, 0.717) is 22.8 Å². The maximum atomic E-state index is 9.44. The number of fused-ring (bicyclic) bond motifs is 1. The molecular weight excluding hydrogens is 434 g/mol. The number of benzene rings is 2. The second-order valence-corrected chi connectivity index (χ2v) is 8.47. The molecule has 2 heterocycles. The maximum absolute atomic E-state index is 9.44. The summed E-state index contributed by atoms with van der Waals surface area (Å²) in [5.41, 5.74) is 4.28. The van der Waals surface area contributed by atoms with E-state index < -0.39 is 0 Å². The van der Waals surface area contributed by atoms with Crippen LogP contribution < -0.4 is 20.1 Å². The molecule has 4 aromatic rings. The van der Waals surface area contributed by atoms with Crippen LogP contribution in [0.3, 0.4) is 0 Å². The van der Waals surface area contributed by atoms with Crippen LogP contribution in [0.15, 0.2) is 47.8 Å². The van der Waals surface area contributed by atoms with Crippen molar-refractivity contribution < 1.29 is 9.47 Å².